The second-order valence-corrected chi connectivity index (χ2v) is 2.51. The van der Waals surface area contributed by atoms with E-state index in [1.54, 1.807) is 0 Å². The van der Waals surface area contributed by atoms with Crippen LogP contribution in [-0.2, 0) is 0 Å². The fourth-order valence-corrected chi connectivity index (χ4v) is 0.924. The Balaban J connectivity index is 2.85. The Morgan fingerprint density at radius 1 is 1.62 bits per heavy atom. The van der Waals surface area contributed by atoms with Gasteiger partial charge in [0.05, 0.1) is 0 Å². The van der Waals surface area contributed by atoms with Gasteiger partial charge in [-0.1, -0.05) is 0 Å². The van der Waals surface area contributed by atoms with Gasteiger partial charge >= 0.3 is 59.5 Å². The van der Waals surface area contributed by atoms with Gasteiger partial charge in [0.25, 0.3) is 0 Å². The second-order valence-electron chi connectivity index (χ2n) is 2.51. The number of rotatable bonds is 0. The van der Waals surface area contributed by atoms with Crippen LogP contribution in [0.2, 0.25) is 0 Å². The quantitative estimate of drug-likeness (QED) is 0.406. The number of hydrogen-bond acceptors (Lipinski definition) is 0. The first kappa shape index (κ1) is 6.20. The summed E-state index contributed by atoms with van der Waals surface area (Å²) < 4.78 is 1.44. The van der Waals surface area contributed by atoms with Gasteiger partial charge in [0.15, 0.2) is 0 Å². The molecule has 1 heteroatoms. The van der Waals surface area contributed by atoms with E-state index in [0.29, 0.717) is 5.92 Å². The third-order valence-corrected chi connectivity index (χ3v) is 1.94. The molecule has 8 heavy (non-hydrogen) atoms. The van der Waals surface area contributed by atoms with E-state index >= 15 is 0 Å². The van der Waals surface area contributed by atoms with Crippen molar-refractivity contribution in [3.05, 3.63) is 22.0 Å². The summed E-state index contributed by atoms with van der Waals surface area (Å²) in [5.41, 5.74) is 1.52. The van der Waals surface area contributed by atoms with Crippen molar-refractivity contribution in [3.8, 4) is 0 Å². The summed E-state index contributed by atoms with van der Waals surface area (Å²) in [6.07, 6.45) is 4.44. The Hall–Kier alpha value is 0.0774. The van der Waals surface area contributed by atoms with Crippen molar-refractivity contribution in [1.29, 1.82) is 0 Å². The molecule has 1 unspecified atom stereocenters. The van der Waals surface area contributed by atoms with Crippen LogP contribution < -0.4 is 0 Å². The van der Waals surface area contributed by atoms with E-state index in [4.69, 9.17) is 0 Å². The molecule has 0 amide bonds. The summed E-state index contributed by atoms with van der Waals surface area (Å²) >= 11 is 2.16. The maximum absolute atomic E-state index is 2.24. The molecule has 1 aliphatic rings. The summed E-state index contributed by atoms with van der Waals surface area (Å²) in [4.78, 5) is 0. The van der Waals surface area contributed by atoms with Crippen molar-refractivity contribution < 1.29 is 0 Å². The number of allylic oxidation sites excluding steroid dienone is 4. The van der Waals surface area contributed by atoms with Crippen LogP contribution in [0.3, 0.4) is 0 Å². The fraction of sp³-hybridized carbons (Fsp3) is 0.429. The molecule has 0 heterocycles. The predicted octanol–water partition coefficient (Wildman–Crippen LogP) is 1.63. The van der Waals surface area contributed by atoms with Gasteiger partial charge in [-0.25, -0.2) is 0 Å². The Labute approximate surface area is 59.9 Å². The van der Waals surface area contributed by atoms with Gasteiger partial charge in [0.2, 0.25) is 0 Å². The minimum atomic E-state index is 0.690. The zero-order valence-electron chi connectivity index (χ0n) is 5.73. The van der Waals surface area contributed by atoms with Gasteiger partial charge in [-0.05, 0) is 0 Å². The Morgan fingerprint density at radius 3 is 2.38 bits per heavy atom. The summed E-state index contributed by atoms with van der Waals surface area (Å²) in [5, 5.41) is 0. The third kappa shape index (κ3) is 0.916. The van der Waals surface area contributed by atoms with E-state index in [9.17, 15) is 0 Å². The molecule has 0 aromatic carbocycles. The first-order chi connectivity index (χ1) is 3.72. The van der Waals surface area contributed by atoms with E-state index in [-0.39, 0.29) is 0 Å². The fourth-order valence-electron chi connectivity index (χ4n) is 0.924. The maximum atomic E-state index is 2.24. The monoisotopic (exact) mass is 100 g/mol. The SMILES string of the molecule is [Li][C]1=C(C)C(C)C=C1. The molecule has 38 valence electrons. The van der Waals surface area contributed by atoms with Crippen LogP contribution in [0.25, 0.3) is 0 Å². The zero-order chi connectivity index (χ0) is 6.15. The number of hydrogen-bond donors (Lipinski definition) is 0. The normalized spacial score (nSPS) is 27.8. The van der Waals surface area contributed by atoms with Crippen LogP contribution in [0.4, 0.5) is 0 Å². The summed E-state index contributed by atoms with van der Waals surface area (Å²) in [7, 11) is 0. The van der Waals surface area contributed by atoms with Crippen molar-refractivity contribution in [2.45, 2.75) is 13.8 Å². The van der Waals surface area contributed by atoms with Crippen LogP contribution >= 0.6 is 0 Å². The third-order valence-electron chi connectivity index (χ3n) is 1.94. The molecule has 1 rings (SSSR count). The summed E-state index contributed by atoms with van der Waals surface area (Å²) in [5.74, 6) is 0.690. The van der Waals surface area contributed by atoms with Crippen molar-refractivity contribution in [1.82, 2.24) is 0 Å². The van der Waals surface area contributed by atoms with Crippen LogP contribution in [0, 0.1) is 5.92 Å². The molecular weight excluding hydrogens is 91.0 g/mol. The van der Waals surface area contributed by atoms with Crippen molar-refractivity contribution in [2.75, 3.05) is 0 Å². The van der Waals surface area contributed by atoms with Gasteiger partial charge in [-0.15, -0.1) is 0 Å². The summed E-state index contributed by atoms with van der Waals surface area (Å²) in [6.45, 7) is 4.42. The van der Waals surface area contributed by atoms with Gasteiger partial charge < -0.3 is 0 Å². The molecule has 0 N–H and O–H groups in total. The molecule has 0 saturated carbocycles. The zero-order valence-corrected chi connectivity index (χ0v) is 5.73. The van der Waals surface area contributed by atoms with Crippen LogP contribution in [0.5, 0.6) is 0 Å². The van der Waals surface area contributed by atoms with E-state index < -0.39 is 0 Å². The Bertz CT molecular complexity index is 154. The topological polar surface area (TPSA) is 0 Å². The standard InChI is InChI=1S/C7H9.Li/c1-6-4-3-5-7(6)2;/h3-4,6H,1-2H3;. The molecule has 0 radical (unpaired) electrons. The van der Waals surface area contributed by atoms with Crippen molar-refractivity contribution in [2.24, 2.45) is 5.92 Å². The second kappa shape index (κ2) is 2.13. The first-order valence-electron chi connectivity index (χ1n) is 3.07. The molecule has 1 aliphatic carbocycles. The van der Waals surface area contributed by atoms with Gasteiger partial charge in [0, 0.05) is 0 Å². The van der Waals surface area contributed by atoms with Gasteiger partial charge in [-0.3, -0.25) is 0 Å². The summed E-state index contributed by atoms with van der Waals surface area (Å²) in [6, 6.07) is 0. The molecular formula is C7H9Li. The molecule has 0 aromatic rings. The molecule has 0 fully saturated rings. The Morgan fingerprint density at radius 2 is 2.25 bits per heavy atom. The molecule has 0 aliphatic heterocycles. The van der Waals surface area contributed by atoms with Crippen molar-refractivity contribution in [3.63, 3.8) is 0 Å². The average molecular weight is 100 g/mol. The average Bonchev–Trinajstić information content (AvgIpc) is 1.98. The van der Waals surface area contributed by atoms with E-state index in [2.05, 4.69) is 43.7 Å². The predicted molar refractivity (Wildman–Crippen MR) is 36.8 cm³/mol. The molecule has 0 aromatic heterocycles. The van der Waals surface area contributed by atoms with Crippen molar-refractivity contribution >= 4 is 17.7 Å². The van der Waals surface area contributed by atoms with Crippen LogP contribution in [0.15, 0.2) is 22.0 Å². The molecule has 0 nitrogen and oxygen atoms in total. The molecule has 1 atom stereocenters. The molecule has 0 bridgehead atoms. The molecule has 0 spiro atoms. The van der Waals surface area contributed by atoms with Crippen LogP contribution in [0.1, 0.15) is 13.8 Å². The van der Waals surface area contributed by atoms with Crippen LogP contribution in [-0.4, -0.2) is 17.7 Å². The van der Waals surface area contributed by atoms with Gasteiger partial charge in [-0.2, -0.15) is 0 Å². The first-order valence-corrected chi connectivity index (χ1v) is 3.07. The molecule has 0 saturated heterocycles. The van der Waals surface area contributed by atoms with E-state index in [1.807, 2.05) is 0 Å². The minimum absolute atomic E-state index is 0.690. The Kier molecular flexibility index (Phi) is 1.65. The van der Waals surface area contributed by atoms with Gasteiger partial charge in [0.1, 0.15) is 0 Å². The van der Waals surface area contributed by atoms with E-state index in [0.717, 1.165) is 0 Å². The van der Waals surface area contributed by atoms with E-state index in [1.165, 1.54) is 9.82 Å².